The Kier molecular flexibility index (Phi) is 7.12. The molecule has 21 heavy (non-hydrogen) atoms. The summed E-state index contributed by atoms with van der Waals surface area (Å²) >= 11 is 0. The molecule has 0 amide bonds. The standard InChI is InChI=1S/C17H26O3S/c1-14(2)6-5-7-15(3)12-13-20-21(18,19)17-10-8-16(4)9-11-17/h7-11,14H,5-6,12-13H2,1-4H3. The molecule has 0 spiro atoms. The molecule has 1 rings (SSSR count). The number of benzene rings is 1. The van der Waals surface area contributed by atoms with E-state index >= 15 is 0 Å². The summed E-state index contributed by atoms with van der Waals surface area (Å²) < 4.78 is 29.1. The summed E-state index contributed by atoms with van der Waals surface area (Å²) in [7, 11) is -3.63. The van der Waals surface area contributed by atoms with E-state index in [1.807, 2.05) is 13.8 Å². The van der Waals surface area contributed by atoms with Crippen molar-refractivity contribution in [1.82, 2.24) is 0 Å². The zero-order valence-corrected chi connectivity index (χ0v) is 14.2. The molecule has 1 aromatic carbocycles. The Bertz CT molecular complexity index is 554. The first-order chi connectivity index (χ1) is 9.81. The van der Waals surface area contributed by atoms with Crippen LogP contribution in [0.5, 0.6) is 0 Å². The summed E-state index contributed by atoms with van der Waals surface area (Å²) in [5.41, 5.74) is 2.20. The zero-order valence-electron chi connectivity index (χ0n) is 13.4. The highest BCUT2D eigenvalue weighted by Gasteiger charge is 2.14. The zero-order chi connectivity index (χ0) is 15.9. The number of hydrogen-bond acceptors (Lipinski definition) is 3. The first-order valence-electron chi connectivity index (χ1n) is 7.43. The lowest BCUT2D eigenvalue weighted by atomic mass is 10.1. The summed E-state index contributed by atoms with van der Waals surface area (Å²) in [6.07, 6.45) is 5.00. The van der Waals surface area contributed by atoms with Crippen LogP contribution < -0.4 is 0 Å². The van der Waals surface area contributed by atoms with E-state index in [-0.39, 0.29) is 11.5 Å². The van der Waals surface area contributed by atoms with Gasteiger partial charge in [0.1, 0.15) is 0 Å². The van der Waals surface area contributed by atoms with Crippen molar-refractivity contribution < 1.29 is 12.6 Å². The van der Waals surface area contributed by atoms with Gasteiger partial charge in [-0.25, -0.2) is 0 Å². The quantitative estimate of drug-likeness (QED) is 0.525. The second kappa shape index (κ2) is 8.35. The molecule has 0 fully saturated rings. The van der Waals surface area contributed by atoms with Crippen LogP contribution in [-0.4, -0.2) is 15.0 Å². The lowest BCUT2D eigenvalue weighted by molar-refractivity contribution is 0.321. The molecule has 3 nitrogen and oxygen atoms in total. The van der Waals surface area contributed by atoms with Crippen molar-refractivity contribution in [1.29, 1.82) is 0 Å². The van der Waals surface area contributed by atoms with Crippen LogP contribution in [0.1, 0.15) is 45.6 Å². The second-order valence-electron chi connectivity index (χ2n) is 5.86. The third-order valence-corrected chi connectivity index (χ3v) is 4.61. The van der Waals surface area contributed by atoms with Crippen LogP contribution >= 0.6 is 0 Å². The van der Waals surface area contributed by atoms with Gasteiger partial charge in [-0.2, -0.15) is 8.42 Å². The van der Waals surface area contributed by atoms with Crippen molar-refractivity contribution in [2.24, 2.45) is 5.92 Å². The Labute approximate surface area is 129 Å². The van der Waals surface area contributed by atoms with Gasteiger partial charge in [0.15, 0.2) is 0 Å². The van der Waals surface area contributed by atoms with Gasteiger partial charge < -0.3 is 0 Å². The Morgan fingerprint density at radius 3 is 2.43 bits per heavy atom. The molecule has 0 aromatic heterocycles. The van der Waals surface area contributed by atoms with E-state index < -0.39 is 10.1 Å². The fourth-order valence-electron chi connectivity index (χ4n) is 1.85. The minimum absolute atomic E-state index is 0.195. The van der Waals surface area contributed by atoms with E-state index in [9.17, 15) is 8.42 Å². The molecule has 1 aromatic rings. The van der Waals surface area contributed by atoms with Crippen LogP contribution in [0.2, 0.25) is 0 Å². The Morgan fingerprint density at radius 1 is 1.24 bits per heavy atom. The maximum absolute atomic E-state index is 12.0. The van der Waals surface area contributed by atoms with Gasteiger partial charge in [-0.1, -0.05) is 43.2 Å². The van der Waals surface area contributed by atoms with Gasteiger partial charge in [0, 0.05) is 0 Å². The van der Waals surface area contributed by atoms with Crippen molar-refractivity contribution >= 4 is 10.1 Å². The molecule has 0 bridgehead atoms. The highest BCUT2D eigenvalue weighted by molar-refractivity contribution is 7.86. The molecule has 0 unspecified atom stereocenters. The fraction of sp³-hybridized carbons (Fsp3) is 0.529. The highest BCUT2D eigenvalue weighted by atomic mass is 32.2. The third kappa shape index (κ3) is 6.91. The molecule has 0 heterocycles. The van der Waals surface area contributed by atoms with Crippen LogP contribution in [0.15, 0.2) is 40.8 Å². The van der Waals surface area contributed by atoms with Gasteiger partial charge in [-0.3, -0.25) is 4.18 Å². The molecule has 0 atom stereocenters. The summed E-state index contributed by atoms with van der Waals surface area (Å²) in [5, 5.41) is 0. The van der Waals surface area contributed by atoms with Gasteiger partial charge in [-0.15, -0.1) is 0 Å². The Morgan fingerprint density at radius 2 is 1.86 bits per heavy atom. The minimum atomic E-state index is -3.63. The second-order valence-corrected chi connectivity index (χ2v) is 7.48. The number of aryl methyl sites for hydroxylation is 1. The van der Waals surface area contributed by atoms with Crippen LogP contribution in [0.25, 0.3) is 0 Å². The van der Waals surface area contributed by atoms with Crippen molar-refractivity contribution in [2.45, 2.75) is 51.9 Å². The smallest absolute Gasteiger partial charge is 0.266 e. The fourth-order valence-corrected chi connectivity index (χ4v) is 2.76. The molecule has 0 aliphatic rings. The Hall–Kier alpha value is -1.13. The van der Waals surface area contributed by atoms with Crippen LogP contribution in [-0.2, 0) is 14.3 Å². The van der Waals surface area contributed by atoms with E-state index in [4.69, 9.17) is 4.18 Å². The number of allylic oxidation sites excluding steroid dienone is 1. The van der Waals surface area contributed by atoms with Crippen LogP contribution in [0, 0.1) is 12.8 Å². The first kappa shape index (κ1) is 17.9. The number of hydrogen-bond donors (Lipinski definition) is 0. The van der Waals surface area contributed by atoms with E-state index in [1.54, 1.807) is 24.3 Å². The first-order valence-corrected chi connectivity index (χ1v) is 8.84. The molecule has 0 N–H and O–H groups in total. The molecule has 4 heteroatoms. The predicted octanol–water partition coefficient (Wildman–Crippen LogP) is 4.47. The van der Waals surface area contributed by atoms with Crippen molar-refractivity contribution in [2.75, 3.05) is 6.61 Å². The number of rotatable bonds is 8. The highest BCUT2D eigenvalue weighted by Crippen LogP contribution is 2.15. The van der Waals surface area contributed by atoms with Crippen LogP contribution in [0.3, 0.4) is 0 Å². The summed E-state index contributed by atoms with van der Waals surface area (Å²) in [5.74, 6) is 0.687. The molecule has 0 aliphatic carbocycles. The maximum Gasteiger partial charge on any atom is 0.296 e. The normalized spacial score (nSPS) is 12.9. The van der Waals surface area contributed by atoms with E-state index in [0.717, 1.165) is 18.4 Å². The van der Waals surface area contributed by atoms with Gasteiger partial charge in [0.2, 0.25) is 0 Å². The van der Waals surface area contributed by atoms with Crippen molar-refractivity contribution in [3.63, 3.8) is 0 Å². The lowest BCUT2D eigenvalue weighted by Gasteiger charge is -2.07. The van der Waals surface area contributed by atoms with Gasteiger partial charge in [-0.05, 0) is 51.2 Å². The summed E-state index contributed by atoms with van der Waals surface area (Å²) in [6.45, 7) is 8.52. The SMILES string of the molecule is CC(=CCCC(C)C)CCOS(=O)(=O)c1ccc(C)cc1. The largest absolute Gasteiger partial charge is 0.296 e. The average Bonchev–Trinajstić information content (AvgIpc) is 2.38. The van der Waals surface area contributed by atoms with E-state index in [1.165, 1.54) is 5.57 Å². The van der Waals surface area contributed by atoms with E-state index in [2.05, 4.69) is 19.9 Å². The molecule has 118 valence electrons. The molecule has 0 radical (unpaired) electrons. The molecular weight excluding hydrogens is 284 g/mol. The molecule has 0 saturated carbocycles. The summed E-state index contributed by atoms with van der Waals surface area (Å²) in [6, 6.07) is 6.70. The predicted molar refractivity (Wildman–Crippen MR) is 86.8 cm³/mol. The Balaban J connectivity index is 2.45. The van der Waals surface area contributed by atoms with Gasteiger partial charge >= 0.3 is 0 Å². The van der Waals surface area contributed by atoms with Crippen molar-refractivity contribution in [3.8, 4) is 0 Å². The topological polar surface area (TPSA) is 43.4 Å². The minimum Gasteiger partial charge on any atom is -0.266 e. The lowest BCUT2D eigenvalue weighted by Crippen LogP contribution is -2.07. The van der Waals surface area contributed by atoms with Crippen molar-refractivity contribution in [3.05, 3.63) is 41.5 Å². The maximum atomic E-state index is 12.0. The molecular formula is C17H26O3S. The van der Waals surface area contributed by atoms with Crippen LogP contribution in [0.4, 0.5) is 0 Å². The van der Waals surface area contributed by atoms with Gasteiger partial charge in [0.25, 0.3) is 10.1 Å². The monoisotopic (exact) mass is 310 g/mol. The summed E-state index contributed by atoms with van der Waals surface area (Å²) in [4.78, 5) is 0.217. The molecule has 0 aliphatic heterocycles. The van der Waals surface area contributed by atoms with Gasteiger partial charge in [0.05, 0.1) is 11.5 Å². The average molecular weight is 310 g/mol. The molecule has 0 saturated heterocycles. The van der Waals surface area contributed by atoms with E-state index in [0.29, 0.717) is 12.3 Å². The third-order valence-electron chi connectivity index (χ3n) is 3.28.